The number of halogens is 1. The molecule has 0 saturated heterocycles. The normalized spacial score (nSPS) is 18.6. The Labute approximate surface area is 171 Å². The van der Waals surface area contributed by atoms with Crippen molar-refractivity contribution in [1.82, 2.24) is 5.43 Å². The van der Waals surface area contributed by atoms with E-state index in [9.17, 15) is 14.9 Å². The van der Waals surface area contributed by atoms with Crippen molar-refractivity contribution in [3.8, 4) is 0 Å². The largest absolute Gasteiger partial charge is 0.464 e. The number of benzodiazepines with no additional fused rings is 1. The molecule has 1 atom stereocenters. The highest BCUT2D eigenvalue weighted by Crippen LogP contribution is 2.29. The van der Waals surface area contributed by atoms with Gasteiger partial charge in [-0.3, -0.25) is 20.4 Å². The van der Waals surface area contributed by atoms with Gasteiger partial charge in [0.25, 0.3) is 0 Å². The number of rotatable bonds is 5. The van der Waals surface area contributed by atoms with Crippen LogP contribution in [0.15, 0.2) is 58.6 Å². The van der Waals surface area contributed by atoms with Crippen LogP contribution in [0.2, 0.25) is 5.02 Å². The highest BCUT2D eigenvalue weighted by Gasteiger charge is 2.45. The molecule has 0 saturated carbocycles. The van der Waals surface area contributed by atoms with Gasteiger partial charge in [-0.25, -0.2) is 10.2 Å². The molecular weight excluding hydrogens is 398 g/mol. The molecule has 0 aliphatic carbocycles. The van der Waals surface area contributed by atoms with E-state index in [0.717, 1.165) is 0 Å². The first-order chi connectivity index (χ1) is 13.9. The van der Waals surface area contributed by atoms with Crippen molar-refractivity contribution < 1.29 is 14.5 Å². The molecule has 0 radical (unpaired) electrons. The molecule has 9 nitrogen and oxygen atoms in total. The molecule has 0 amide bonds. The van der Waals surface area contributed by atoms with Gasteiger partial charge in [0.15, 0.2) is 6.54 Å². The summed E-state index contributed by atoms with van der Waals surface area (Å²) in [5.74, 6) is -2.68. The number of hydrogen-bond acceptors (Lipinski definition) is 8. The zero-order chi connectivity index (χ0) is 21.0. The molecule has 1 heterocycles. The first kappa shape index (κ1) is 20.3. The maximum atomic E-state index is 12.0. The summed E-state index contributed by atoms with van der Waals surface area (Å²) in [5.41, 5.74) is 4.67. The Morgan fingerprint density at radius 1 is 1.28 bits per heavy atom. The van der Waals surface area contributed by atoms with Crippen molar-refractivity contribution in [2.45, 2.75) is 12.7 Å². The fraction of sp³-hybridized carbons (Fsp3) is 0.211. The van der Waals surface area contributed by atoms with E-state index < -0.39 is 16.7 Å². The smallest absolute Gasteiger partial charge is 0.407 e. The van der Waals surface area contributed by atoms with Gasteiger partial charge in [0, 0.05) is 16.1 Å². The average Bonchev–Trinajstić information content (AvgIpc) is 2.89. The maximum Gasteiger partial charge on any atom is 0.407 e. The van der Waals surface area contributed by atoms with Crippen molar-refractivity contribution in [2.75, 3.05) is 19.0 Å². The lowest BCUT2D eigenvalue weighted by atomic mass is 10.0. The summed E-state index contributed by atoms with van der Waals surface area (Å²) < 4.78 is 4.57. The summed E-state index contributed by atoms with van der Waals surface area (Å²) in [6.07, 6.45) is 0. The van der Waals surface area contributed by atoms with E-state index in [4.69, 9.17) is 11.6 Å². The number of hydrazone groups is 1. The number of fused-ring (bicyclic) bond motifs is 1. The quantitative estimate of drug-likeness (QED) is 0.255. The average molecular weight is 416 g/mol. The molecule has 0 spiro atoms. The van der Waals surface area contributed by atoms with E-state index in [1.807, 2.05) is 6.07 Å². The van der Waals surface area contributed by atoms with E-state index in [-0.39, 0.29) is 12.3 Å². The first-order valence-electron chi connectivity index (χ1n) is 8.59. The van der Waals surface area contributed by atoms with Crippen LogP contribution < -0.4 is 10.7 Å². The van der Waals surface area contributed by atoms with Gasteiger partial charge >= 0.3 is 11.8 Å². The highest BCUT2D eigenvalue weighted by atomic mass is 35.5. The monoisotopic (exact) mass is 415 g/mol. The van der Waals surface area contributed by atoms with Gasteiger partial charge < -0.3 is 4.74 Å². The van der Waals surface area contributed by atoms with E-state index in [2.05, 4.69) is 25.6 Å². The molecule has 1 aliphatic rings. The molecule has 2 aromatic carbocycles. The Kier molecular flexibility index (Phi) is 5.79. The molecule has 10 heteroatoms. The van der Waals surface area contributed by atoms with Crippen molar-refractivity contribution in [1.29, 1.82) is 0 Å². The first-order valence-corrected chi connectivity index (χ1v) is 8.97. The Balaban J connectivity index is 2.10. The molecule has 0 fully saturated rings. The molecular formula is C19H18ClN5O4. The molecule has 150 valence electrons. The summed E-state index contributed by atoms with van der Waals surface area (Å²) in [6, 6.07) is 14.2. The van der Waals surface area contributed by atoms with Gasteiger partial charge in [-0.1, -0.05) is 48.0 Å². The number of aliphatic imine (C=N–C) groups is 1. The number of carbonyl (C=O) groups excluding carboxylic acids is 1. The van der Waals surface area contributed by atoms with Crippen LogP contribution in [0.25, 0.3) is 0 Å². The van der Waals surface area contributed by atoms with Crippen molar-refractivity contribution in [3.63, 3.8) is 0 Å². The van der Waals surface area contributed by atoms with Crippen molar-refractivity contribution in [2.24, 2.45) is 10.1 Å². The number of ether oxygens (including phenoxy) is 1. The SMILES string of the molecule is COC(=O)C(C)=NNC1([N+](=O)[O-])CN=C(c2ccccc2Cl)c2ccccc2N1. The van der Waals surface area contributed by atoms with Crippen LogP contribution in [0, 0.1) is 10.1 Å². The second kappa shape index (κ2) is 8.27. The van der Waals surface area contributed by atoms with Gasteiger partial charge in [0.2, 0.25) is 0 Å². The standard InChI is InChI=1S/C19H18ClN5O4/c1-12(18(26)29-2)23-24-19(25(27)28)11-21-17(13-7-3-5-9-15(13)20)14-8-4-6-10-16(14)22-19/h3-10,22,24H,11H2,1-2H3. The zero-order valence-electron chi connectivity index (χ0n) is 15.7. The lowest BCUT2D eigenvalue weighted by molar-refractivity contribution is -0.566. The predicted molar refractivity (Wildman–Crippen MR) is 110 cm³/mol. The molecule has 0 aromatic heterocycles. The number of benzene rings is 2. The molecule has 2 aromatic rings. The van der Waals surface area contributed by atoms with Gasteiger partial charge in [-0.2, -0.15) is 5.10 Å². The minimum absolute atomic E-state index is 0.0663. The van der Waals surface area contributed by atoms with Crippen LogP contribution in [-0.4, -0.2) is 41.8 Å². The summed E-state index contributed by atoms with van der Waals surface area (Å²) in [4.78, 5) is 27.5. The third-order valence-electron chi connectivity index (χ3n) is 4.32. The van der Waals surface area contributed by atoms with Gasteiger partial charge in [0.1, 0.15) is 5.71 Å². The van der Waals surface area contributed by atoms with Crippen molar-refractivity contribution >= 4 is 34.7 Å². The number of anilines is 1. The molecule has 2 N–H and O–H groups in total. The van der Waals surface area contributed by atoms with Crippen LogP contribution >= 0.6 is 11.6 Å². The molecule has 3 rings (SSSR count). The Morgan fingerprint density at radius 2 is 1.93 bits per heavy atom. The van der Waals surface area contributed by atoms with Gasteiger partial charge in [-0.15, -0.1) is 0 Å². The Morgan fingerprint density at radius 3 is 2.59 bits per heavy atom. The van der Waals surface area contributed by atoms with E-state index in [1.54, 1.807) is 42.5 Å². The second-order valence-corrected chi connectivity index (χ2v) is 6.64. The number of methoxy groups -OCH3 is 1. The zero-order valence-corrected chi connectivity index (χ0v) is 16.4. The van der Waals surface area contributed by atoms with Crippen LogP contribution in [-0.2, 0) is 9.53 Å². The third kappa shape index (κ3) is 4.04. The molecule has 1 unspecified atom stereocenters. The molecule has 0 bridgehead atoms. The number of carbonyl (C=O) groups is 1. The van der Waals surface area contributed by atoms with Gasteiger partial charge in [-0.05, 0) is 19.1 Å². The number of para-hydroxylation sites is 1. The number of esters is 1. The highest BCUT2D eigenvalue weighted by molar-refractivity contribution is 6.36. The van der Waals surface area contributed by atoms with E-state index in [1.165, 1.54) is 14.0 Å². The number of nitro groups is 1. The second-order valence-electron chi connectivity index (χ2n) is 6.23. The fourth-order valence-corrected chi connectivity index (χ4v) is 3.03. The number of nitrogens with one attached hydrogen (secondary N) is 2. The molecule has 29 heavy (non-hydrogen) atoms. The fourth-order valence-electron chi connectivity index (χ4n) is 2.80. The predicted octanol–water partition coefficient (Wildman–Crippen LogP) is 2.67. The van der Waals surface area contributed by atoms with Crippen LogP contribution in [0.3, 0.4) is 0 Å². The van der Waals surface area contributed by atoms with E-state index >= 15 is 0 Å². The summed E-state index contributed by atoms with van der Waals surface area (Å²) in [5, 5.41) is 19.2. The van der Waals surface area contributed by atoms with Crippen LogP contribution in [0.1, 0.15) is 18.1 Å². The summed E-state index contributed by atoms with van der Waals surface area (Å²) in [6.45, 7) is 1.07. The minimum atomic E-state index is -1.98. The Hall–Kier alpha value is -3.46. The summed E-state index contributed by atoms with van der Waals surface area (Å²) >= 11 is 6.34. The van der Waals surface area contributed by atoms with Crippen LogP contribution in [0.4, 0.5) is 5.69 Å². The molecule has 1 aliphatic heterocycles. The lowest BCUT2D eigenvalue weighted by Crippen LogP contribution is -2.58. The Bertz CT molecular complexity index is 1020. The minimum Gasteiger partial charge on any atom is -0.464 e. The van der Waals surface area contributed by atoms with Crippen molar-refractivity contribution in [3.05, 3.63) is 74.8 Å². The maximum absolute atomic E-state index is 12.0. The third-order valence-corrected chi connectivity index (χ3v) is 4.65. The van der Waals surface area contributed by atoms with Gasteiger partial charge in [0.05, 0.1) is 23.4 Å². The number of hydrogen-bond donors (Lipinski definition) is 2. The topological polar surface area (TPSA) is 118 Å². The summed E-state index contributed by atoms with van der Waals surface area (Å²) in [7, 11) is 1.20. The van der Waals surface area contributed by atoms with E-state index in [0.29, 0.717) is 27.5 Å². The van der Waals surface area contributed by atoms with Crippen LogP contribution in [0.5, 0.6) is 0 Å². The number of nitrogens with zero attached hydrogens (tertiary/aromatic N) is 3. The lowest BCUT2D eigenvalue weighted by Gasteiger charge is -2.24.